The molecule has 2 aliphatic heterocycles. The van der Waals surface area contributed by atoms with Crippen LogP contribution in [-0.2, 0) is 85.7 Å². The van der Waals surface area contributed by atoms with Gasteiger partial charge in [0.05, 0.1) is 11.5 Å². The van der Waals surface area contributed by atoms with Crippen molar-refractivity contribution in [3.8, 4) is 0 Å². The largest absolute Gasteiger partial charge is 0.463 e. The van der Waals surface area contributed by atoms with Crippen LogP contribution >= 0.6 is 0 Å². The molecule has 51 heavy (non-hydrogen) atoms. The lowest BCUT2D eigenvalue weighted by Crippen LogP contribution is -2.67. The fraction of sp³-hybridized carbons (Fsp3) is 0.613. The van der Waals surface area contributed by atoms with Gasteiger partial charge in [-0.1, -0.05) is 17.7 Å². The highest BCUT2D eigenvalue weighted by atomic mass is 32.2. The summed E-state index contributed by atoms with van der Waals surface area (Å²) in [6.07, 6.45) is -17.4. The number of ether oxygens (including phenoxy) is 9. The number of hydrogen-bond acceptors (Lipinski definition) is 19. The van der Waals surface area contributed by atoms with Gasteiger partial charge in [0.2, 0.25) is 0 Å². The lowest BCUT2D eigenvalue weighted by molar-refractivity contribution is -0.356. The zero-order valence-electron chi connectivity index (χ0n) is 28.7. The number of carbonyl (C=O) groups is 6. The molecular formula is C31H40O19S. The van der Waals surface area contributed by atoms with Crippen molar-refractivity contribution in [1.29, 1.82) is 0 Å². The molecule has 1 aromatic carbocycles. The van der Waals surface area contributed by atoms with E-state index >= 15 is 0 Å². The molecule has 3 rings (SSSR count). The molecule has 0 bridgehead atoms. The van der Waals surface area contributed by atoms with Crippen LogP contribution in [0, 0.1) is 6.92 Å². The third kappa shape index (κ3) is 11.7. The first kappa shape index (κ1) is 41.2. The molecule has 0 unspecified atom stereocenters. The summed E-state index contributed by atoms with van der Waals surface area (Å²) in [5.41, 5.74) is 0.759. The topological polar surface area (TPSA) is 249 Å². The molecule has 10 atom stereocenters. The molecule has 0 saturated carbocycles. The normalized spacial score (nSPS) is 29.2. The fourth-order valence-electron chi connectivity index (χ4n) is 5.22. The van der Waals surface area contributed by atoms with Gasteiger partial charge in [-0.25, -0.2) is 0 Å². The van der Waals surface area contributed by atoms with E-state index in [9.17, 15) is 42.3 Å². The lowest BCUT2D eigenvalue weighted by Gasteiger charge is -2.48. The third-order valence-corrected chi connectivity index (χ3v) is 8.45. The van der Waals surface area contributed by atoms with E-state index in [0.29, 0.717) is 0 Å². The van der Waals surface area contributed by atoms with Crippen molar-refractivity contribution < 1.29 is 89.1 Å². The maximum atomic E-state index is 13.1. The van der Waals surface area contributed by atoms with Crippen molar-refractivity contribution in [1.82, 2.24) is 0 Å². The first-order valence-corrected chi connectivity index (χ1v) is 16.8. The first-order valence-electron chi connectivity index (χ1n) is 15.4. The molecule has 2 saturated heterocycles. The summed E-state index contributed by atoms with van der Waals surface area (Å²) in [5.74, 6) is -5.57. The van der Waals surface area contributed by atoms with Crippen LogP contribution in [0.2, 0.25) is 0 Å². The predicted octanol–water partition coefficient (Wildman–Crippen LogP) is -0.251. The van der Waals surface area contributed by atoms with Crippen molar-refractivity contribution in [2.75, 3.05) is 13.2 Å². The van der Waals surface area contributed by atoms with Gasteiger partial charge in [0.25, 0.3) is 10.1 Å². The zero-order chi connectivity index (χ0) is 38.2. The number of carbonyl (C=O) groups excluding carboxylic acids is 6. The van der Waals surface area contributed by atoms with Gasteiger partial charge in [0, 0.05) is 41.5 Å². The van der Waals surface area contributed by atoms with Gasteiger partial charge < -0.3 is 47.7 Å². The Bertz CT molecular complexity index is 1540. The van der Waals surface area contributed by atoms with Gasteiger partial charge in [-0.15, -0.1) is 0 Å². The van der Waals surface area contributed by atoms with E-state index < -0.39 is 121 Å². The number of aliphatic hydroxyl groups is 1. The number of rotatable bonds is 13. The van der Waals surface area contributed by atoms with Gasteiger partial charge >= 0.3 is 35.8 Å². The van der Waals surface area contributed by atoms with Crippen LogP contribution in [0.1, 0.15) is 47.1 Å². The Kier molecular flexibility index (Phi) is 14.4. The first-order chi connectivity index (χ1) is 23.8. The maximum Gasteiger partial charge on any atom is 0.303 e. The highest BCUT2D eigenvalue weighted by molar-refractivity contribution is 7.86. The second-order valence-corrected chi connectivity index (χ2v) is 13.0. The summed E-state index contributed by atoms with van der Waals surface area (Å²) in [6.45, 7) is 6.22. The van der Waals surface area contributed by atoms with E-state index in [1.54, 1.807) is 6.92 Å². The highest BCUT2D eigenvalue weighted by Gasteiger charge is 2.57. The number of esters is 6. The Hall–Kier alpha value is -4.21. The Labute approximate surface area is 292 Å². The predicted molar refractivity (Wildman–Crippen MR) is 163 cm³/mol. The molecule has 1 aromatic rings. The zero-order valence-corrected chi connectivity index (χ0v) is 29.5. The maximum absolute atomic E-state index is 13.1. The van der Waals surface area contributed by atoms with Crippen molar-refractivity contribution in [2.24, 2.45) is 0 Å². The fourth-order valence-corrected chi connectivity index (χ4v) is 6.14. The van der Waals surface area contributed by atoms with Crippen LogP contribution in [0.15, 0.2) is 29.2 Å². The SMILES string of the molecule is CC(=O)OC[C@H]1O[C@@H](O)[C@H](OC(C)=O)[C@@H](OC(C)=O)[C@@H]1O[C@@H]1O[C@H](COS(=O)(=O)c2ccc(C)cc2)[C@@H](OC(C)=O)[C@H](OC(C)=O)[C@H]1OC(C)=O. The Morgan fingerprint density at radius 3 is 1.57 bits per heavy atom. The van der Waals surface area contributed by atoms with Crippen LogP contribution < -0.4 is 0 Å². The molecule has 0 radical (unpaired) electrons. The van der Waals surface area contributed by atoms with Crippen molar-refractivity contribution in [2.45, 2.75) is 115 Å². The number of benzene rings is 1. The number of aryl methyl sites for hydroxylation is 1. The summed E-state index contributed by atoms with van der Waals surface area (Å²) >= 11 is 0. The summed E-state index contributed by atoms with van der Waals surface area (Å²) in [5, 5.41) is 10.7. The Morgan fingerprint density at radius 2 is 1.06 bits per heavy atom. The lowest BCUT2D eigenvalue weighted by atomic mass is 9.96. The van der Waals surface area contributed by atoms with Crippen molar-refractivity contribution in [3.05, 3.63) is 29.8 Å². The molecule has 0 spiro atoms. The summed E-state index contributed by atoms with van der Waals surface area (Å²) in [4.78, 5) is 72.7. The Morgan fingerprint density at radius 1 is 0.608 bits per heavy atom. The summed E-state index contributed by atoms with van der Waals surface area (Å²) < 4.78 is 81.0. The van der Waals surface area contributed by atoms with E-state index in [-0.39, 0.29) is 4.90 Å². The van der Waals surface area contributed by atoms with Gasteiger partial charge in [-0.05, 0) is 19.1 Å². The highest BCUT2D eigenvalue weighted by Crippen LogP contribution is 2.35. The molecule has 1 N–H and O–H groups in total. The van der Waals surface area contributed by atoms with Gasteiger partial charge in [0.1, 0.15) is 24.9 Å². The second kappa shape index (κ2) is 17.8. The van der Waals surface area contributed by atoms with Crippen LogP contribution in [0.25, 0.3) is 0 Å². The minimum absolute atomic E-state index is 0.234. The average Bonchev–Trinajstić information content (AvgIpc) is 3.00. The molecule has 284 valence electrons. The molecule has 19 nitrogen and oxygen atoms in total. The van der Waals surface area contributed by atoms with E-state index in [1.165, 1.54) is 24.3 Å². The molecule has 20 heteroatoms. The molecular weight excluding hydrogens is 708 g/mol. The second-order valence-electron chi connectivity index (χ2n) is 11.4. The monoisotopic (exact) mass is 748 g/mol. The van der Waals surface area contributed by atoms with Crippen LogP contribution in [0.4, 0.5) is 0 Å². The minimum Gasteiger partial charge on any atom is -0.463 e. The van der Waals surface area contributed by atoms with E-state index in [0.717, 1.165) is 47.1 Å². The van der Waals surface area contributed by atoms with Gasteiger partial charge in [-0.2, -0.15) is 8.42 Å². The van der Waals surface area contributed by atoms with Crippen LogP contribution in [0.5, 0.6) is 0 Å². The van der Waals surface area contributed by atoms with Gasteiger partial charge in [0.15, 0.2) is 43.1 Å². The third-order valence-electron chi connectivity index (χ3n) is 7.15. The average molecular weight is 749 g/mol. The molecule has 0 aliphatic carbocycles. The summed E-state index contributed by atoms with van der Waals surface area (Å²) in [6, 6.07) is 5.63. The smallest absolute Gasteiger partial charge is 0.303 e. The molecule has 2 heterocycles. The Balaban J connectivity index is 2.13. The molecule has 0 aromatic heterocycles. The quantitative estimate of drug-likeness (QED) is 0.155. The van der Waals surface area contributed by atoms with Crippen LogP contribution in [-0.4, -0.2) is 124 Å². The van der Waals surface area contributed by atoms with E-state index in [4.69, 9.17) is 46.8 Å². The van der Waals surface area contributed by atoms with E-state index in [2.05, 4.69) is 0 Å². The number of hydrogen-bond donors (Lipinski definition) is 1. The van der Waals surface area contributed by atoms with Gasteiger partial charge in [-0.3, -0.25) is 33.0 Å². The summed E-state index contributed by atoms with van der Waals surface area (Å²) in [7, 11) is -4.47. The molecule has 0 amide bonds. The standard InChI is InChI=1S/C31H40O19S/c1-14-8-10-21(11-9-14)51(39,40)42-13-23-24(43-16(3)33)27(45-18(5)35)29(47-20(7)37)31(49-23)50-25-22(12-41-15(2)32)48-30(38)28(46-19(6)36)26(25)44-17(4)34/h8-11,22-31,38H,12-13H2,1-7H3/t22-,23-,24-,25-,26+,27+,28-,29-,30-,31+/m1/s1. The van der Waals surface area contributed by atoms with Crippen molar-refractivity contribution >= 4 is 45.9 Å². The van der Waals surface area contributed by atoms with Crippen LogP contribution in [0.3, 0.4) is 0 Å². The van der Waals surface area contributed by atoms with Crippen molar-refractivity contribution in [3.63, 3.8) is 0 Å². The molecule has 2 fully saturated rings. The molecule has 2 aliphatic rings. The van der Waals surface area contributed by atoms with E-state index in [1.807, 2.05) is 0 Å². The minimum atomic E-state index is -4.47. The number of aliphatic hydroxyl groups excluding tert-OH is 1.